The number of unbranched alkanes of at least 4 members (excludes halogenated alkanes) is 2. The number of rotatable bonds is 8. The Balaban J connectivity index is 4.09. The van der Waals surface area contributed by atoms with E-state index in [1.807, 2.05) is 20.8 Å². The van der Waals surface area contributed by atoms with Crippen molar-refractivity contribution in [1.29, 1.82) is 0 Å². The molecule has 0 radical (unpaired) electrons. The molecule has 17 heavy (non-hydrogen) atoms. The van der Waals surface area contributed by atoms with E-state index in [0.29, 0.717) is 6.42 Å². The van der Waals surface area contributed by atoms with E-state index in [-0.39, 0.29) is 29.7 Å². The van der Waals surface area contributed by atoms with Crippen LogP contribution < -0.4 is 11.1 Å². The van der Waals surface area contributed by atoms with Crippen LogP contribution in [0.5, 0.6) is 0 Å². The second-order valence-corrected chi connectivity index (χ2v) is 5.38. The minimum Gasteiger partial charge on any atom is -0.370 e. The fourth-order valence-corrected chi connectivity index (χ4v) is 1.65. The maximum Gasteiger partial charge on any atom is 0.220 e. The zero-order valence-electron chi connectivity index (χ0n) is 11.5. The molecule has 4 nitrogen and oxygen atoms in total. The summed E-state index contributed by atoms with van der Waals surface area (Å²) >= 11 is 0. The summed E-state index contributed by atoms with van der Waals surface area (Å²) in [5.74, 6) is -0.273. The number of hydrogen-bond acceptors (Lipinski definition) is 2. The van der Waals surface area contributed by atoms with Gasteiger partial charge in [0.25, 0.3) is 0 Å². The summed E-state index contributed by atoms with van der Waals surface area (Å²) < 4.78 is 0. The first-order valence-electron chi connectivity index (χ1n) is 6.37. The molecule has 0 aliphatic carbocycles. The smallest absolute Gasteiger partial charge is 0.220 e. The average Bonchev–Trinajstić information content (AvgIpc) is 2.15. The summed E-state index contributed by atoms with van der Waals surface area (Å²) in [5.41, 5.74) is 4.89. The minimum absolute atomic E-state index is 0.0517. The molecular formula is C13H26N2O2. The molecule has 100 valence electrons. The van der Waals surface area contributed by atoms with Crippen molar-refractivity contribution in [1.82, 2.24) is 5.32 Å². The van der Waals surface area contributed by atoms with E-state index < -0.39 is 0 Å². The zero-order valence-corrected chi connectivity index (χ0v) is 11.5. The van der Waals surface area contributed by atoms with E-state index in [1.165, 1.54) is 0 Å². The van der Waals surface area contributed by atoms with Gasteiger partial charge in [0.2, 0.25) is 11.8 Å². The Labute approximate surface area is 104 Å². The Morgan fingerprint density at radius 1 is 1.29 bits per heavy atom. The quantitative estimate of drug-likeness (QED) is 0.639. The van der Waals surface area contributed by atoms with Crippen LogP contribution >= 0.6 is 0 Å². The highest BCUT2D eigenvalue weighted by atomic mass is 16.2. The molecule has 2 amide bonds. The standard InChI is InChI=1S/C13H26N2O2/c1-5-6-7-8-12(17)15-10(2)13(3,4)9-11(14)16/h10H,5-9H2,1-4H3,(H2,14,16)(H,15,17). The van der Waals surface area contributed by atoms with Crippen molar-refractivity contribution in [3.05, 3.63) is 0 Å². The molecule has 1 unspecified atom stereocenters. The van der Waals surface area contributed by atoms with Crippen LogP contribution in [-0.2, 0) is 9.59 Å². The predicted octanol–water partition coefficient (Wildman–Crippen LogP) is 1.97. The third-order valence-electron chi connectivity index (χ3n) is 3.19. The number of carbonyl (C=O) groups excluding carboxylic acids is 2. The summed E-state index contributed by atoms with van der Waals surface area (Å²) in [6, 6.07) is -0.0517. The molecule has 0 saturated heterocycles. The van der Waals surface area contributed by atoms with Gasteiger partial charge in [0.05, 0.1) is 0 Å². The molecule has 0 rings (SSSR count). The topological polar surface area (TPSA) is 72.2 Å². The monoisotopic (exact) mass is 242 g/mol. The molecule has 0 aromatic carbocycles. The third kappa shape index (κ3) is 6.97. The Kier molecular flexibility index (Phi) is 6.85. The van der Waals surface area contributed by atoms with E-state index in [0.717, 1.165) is 19.3 Å². The Morgan fingerprint density at radius 2 is 1.88 bits per heavy atom. The Hall–Kier alpha value is -1.06. The highest BCUT2D eigenvalue weighted by molar-refractivity contribution is 5.77. The van der Waals surface area contributed by atoms with Crippen molar-refractivity contribution in [2.45, 2.75) is 65.8 Å². The molecule has 0 aliphatic heterocycles. The third-order valence-corrected chi connectivity index (χ3v) is 3.19. The van der Waals surface area contributed by atoms with Gasteiger partial charge in [0, 0.05) is 18.9 Å². The fraction of sp³-hybridized carbons (Fsp3) is 0.846. The van der Waals surface area contributed by atoms with Crippen LogP contribution in [-0.4, -0.2) is 17.9 Å². The Morgan fingerprint density at radius 3 is 2.35 bits per heavy atom. The molecule has 0 spiro atoms. The van der Waals surface area contributed by atoms with Crippen LogP contribution in [0.1, 0.15) is 59.8 Å². The molecule has 0 heterocycles. The van der Waals surface area contributed by atoms with Crippen LogP contribution in [0.25, 0.3) is 0 Å². The van der Waals surface area contributed by atoms with Gasteiger partial charge in [-0.25, -0.2) is 0 Å². The first-order valence-corrected chi connectivity index (χ1v) is 6.37. The maximum atomic E-state index is 11.6. The van der Waals surface area contributed by atoms with Crippen molar-refractivity contribution < 1.29 is 9.59 Å². The van der Waals surface area contributed by atoms with Crippen LogP contribution in [0.15, 0.2) is 0 Å². The molecule has 0 aliphatic rings. The lowest BCUT2D eigenvalue weighted by atomic mass is 9.82. The molecular weight excluding hydrogens is 216 g/mol. The van der Waals surface area contributed by atoms with Crippen LogP contribution in [0.4, 0.5) is 0 Å². The van der Waals surface area contributed by atoms with Crippen molar-refractivity contribution in [2.24, 2.45) is 11.1 Å². The lowest BCUT2D eigenvalue weighted by Gasteiger charge is -2.31. The largest absolute Gasteiger partial charge is 0.370 e. The highest BCUT2D eigenvalue weighted by Gasteiger charge is 2.28. The molecule has 0 fully saturated rings. The number of hydrogen-bond donors (Lipinski definition) is 2. The van der Waals surface area contributed by atoms with Crippen molar-refractivity contribution >= 4 is 11.8 Å². The minimum atomic E-state index is -0.331. The predicted molar refractivity (Wildman–Crippen MR) is 69.3 cm³/mol. The van der Waals surface area contributed by atoms with Gasteiger partial charge >= 0.3 is 0 Å². The average molecular weight is 242 g/mol. The molecule has 0 aromatic rings. The summed E-state index contributed by atoms with van der Waals surface area (Å²) in [6.45, 7) is 7.90. The number of primary amides is 1. The van der Waals surface area contributed by atoms with Gasteiger partial charge in [0.15, 0.2) is 0 Å². The van der Waals surface area contributed by atoms with Crippen LogP contribution in [0.2, 0.25) is 0 Å². The molecule has 4 heteroatoms. The normalized spacial score (nSPS) is 13.2. The molecule has 0 bridgehead atoms. The van der Waals surface area contributed by atoms with Crippen LogP contribution in [0.3, 0.4) is 0 Å². The van der Waals surface area contributed by atoms with Gasteiger partial charge in [0.1, 0.15) is 0 Å². The van der Waals surface area contributed by atoms with E-state index in [9.17, 15) is 9.59 Å². The summed E-state index contributed by atoms with van der Waals surface area (Å²) in [6.07, 6.45) is 3.95. The van der Waals surface area contributed by atoms with E-state index in [4.69, 9.17) is 5.73 Å². The van der Waals surface area contributed by atoms with Gasteiger partial charge in [-0.3, -0.25) is 9.59 Å². The van der Waals surface area contributed by atoms with Crippen molar-refractivity contribution in [3.8, 4) is 0 Å². The zero-order chi connectivity index (χ0) is 13.5. The highest BCUT2D eigenvalue weighted by Crippen LogP contribution is 2.24. The lowest BCUT2D eigenvalue weighted by Crippen LogP contribution is -2.44. The summed E-state index contributed by atoms with van der Waals surface area (Å²) in [5, 5.41) is 2.94. The summed E-state index contributed by atoms with van der Waals surface area (Å²) in [4.78, 5) is 22.6. The molecule has 3 N–H and O–H groups in total. The molecule has 1 atom stereocenters. The second kappa shape index (κ2) is 7.30. The Bertz CT molecular complexity index is 262. The maximum absolute atomic E-state index is 11.6. The first kappa shape index (κ1) is 15.9. The van der Waals surface area contributed by atoms with Crippen molar-refractivity contribution in [2.75, 3.05) is 0 Å². The van der Waals surface area contributed by atoms with Crippen molar-refractivity contribution in [3.63, 3.8) is 0 Å². The number of carbonyl (C=O) groups is 2. The number of nitrogens with two attached hydrogens (primary N) is 1. The van der Waals surface area contributed by atoms with Crippen LogP contribution in [0, 0.1) is 5.41 Å². The SMILES string of the molecule is CCCCCC(=O)NC(C)C(C)(C)CC(N)=O. The lowest BCUT2D eigenvalue weighted by molar-refractivity contribution is -0.124. The van der Waals surface area contributed by atoms with E-state index in [1.54, 1.807) is 0 Å². The molecule has 0 aromatic heterocycles. The first-order chi connectivity index (χ1) is 7.79. The second-order valence-electron chi connectivity index (χ2n) is 5.38. The number of amides is 2. The van der Waals surface area contributed by atoms with Gasteiger partial charge in [-0.1, -0.05) is 33.6 Å². The van der Waals surface area contributed by atoms with Gasteiger partial charge in [-0.15, -0.1) is 0 Å². The number of nitrogens with one attached hydrogen (secondary N) is 1. The van der Waals surface area contributed by atoms with E-state index >= 15 is 0 Å². The van der Waals surface area contributed by atoms with E-state index in [2.05, 4.69) is 12.2 Å². The summed E-state index contributed by atoms with van der Waals surface area (Å²) in [7, 11) is 0. The van der Waals surface area contributed by atoms with Gasteiger partial charge < -0.3 is 11.1 Å². The molecule has 0 saturated carbocycles. The van der Waals surface area contributed by atoms with Gasteiger partial charge in [-0.05, 0) is 18.8 Å². The van der Waals surface area contributed by atoms with Gasteiger partial charge in [-0.2, -0.15) is 0 Å². The fourth-order valence-electron chi connectivity index (χ4n) is 1.65.